The molecule has 1 amide bonds. The van der Waals surface area contributed by atoms with Crippen molar-refractivity contribution in [3.05, 3.63) is 16.1 Å². The highest BCUT2D eigenvalue weighted by Gasteiger charge is 2.37. The summed E-state index contributed by atoms with van der Waals surface area (Å²) in [4.78, 5) is 22.9. The van der Waals surface area contributed by atoms with E-state index in [0.717, 1.165) is 58.0 Å². The molecule has 5 rings (SSSR count). The predicted octanol–water partition coefficient (Wildman–Crippen LogP) is 4.69. The monoisotopic (exact) mass is 431 g/mol. The lowest BCUT2D eigenvalue weighted by atomic mass is 9.78. The van der Waals surface area contributed by atoms with Crippen LogP contribution in [0.4, 0.5) is 0 Å². The van der Waals surface area contributed by atoms with E-state index in [9.17, 15) is 4.79 Å². The van der Waals surface area contributed by atoms with Crippen molar-refractivity contribution in [2.75, 3.05) is 32.8 Å². The number of piperidine rings is 2. The van der Waals surface area contributed by atoms with Crippen molar-refractivity contribution in [2.24, 2.45) is 5.92 Å². The van der Waals surface area contributed by atoms with Crippen molar-refractivity contribution < 1.29 is 9.53 Å². The van der Waals surface area contributed by atoms with Gasteiger partial charge in [0.1, 0.15) is 5.69 Å². The van der Waals surface area contributed by atoms with E-state index in [1.807, 2.05) is 5.38 Å². The molecule has 3 atom stereocenters. The van der Waals surface area contributed by atoms with Crippen molar-refractivity contribution in [1.29, 1.82) is 0 Å². The fourth-order valence-electron chi connectivity index (χ4n) is 6.20. The quantitative estimate of drug-likeness (QED) is 0.694. The van der Waals surface area contributed by atoms with E-state index in [1.54, 1.807) is 11.3 Å². The Bertz CT molecular complexity index is 707. The molecule has 3 aliphatic heterocycles. The summed E-state index contributed by atoms with van der Waals surface area (Å²) in [5.74, 6) is 1.44. The van der Waals surface area contributed by atoms with Gasteiger partial charge in [0.15, 0.2) is 0 Å². The second kappa shape index (κ2) is 9.66. The zero-order valence-electron chi connectivity index (χ0n) is 18.3. The highest BCUT2D eigenvalue weighted by molar-refractivity contribution is 7.09. The third-order valence-corrected chi connectivity index (χ3v) is 8.93. The number of likely N-dealkylation sites (tertiary alicyclic amines) is 2. The largest absolute Gasteiger partial charge is 0.377 e. The van der Waals surface area contributed by atoms with E-state index >= 15 is 0 Å². The van der Waals surface area contributed by atoms with Crippen LogP contribution in [0.2, 0.25) is 0 Å². The summed E-state index contributed by atoms with van der Waals surface area (Å²) in [6.07, 6.45) is 14.1. The normalized spacial score (nSPS) is 31.5. The van der Waals surface area contributed by atoms with Gasteiger partial charge in [-0.3, -0.25) is 4.79 Å². The van der Waals surface area contributed by atoms with Gasteiger partial charge >= 0.3 is 0 Å². The van der Waals surface area contributed by atoms with Crippen LogP contribution in [-0.2, 0) is 4.74 Å². The number of aromatic nitrogens is 1. The van der Waals surface area contributed by atoms with Gasteiger partial charge in [0.25, 0.3) is 5.91 Å². The molecule has 5 nitrogen and oxygen atoms in total. The van der Waals surface area contributed by atoms with Crippen LogP contribution in [0.15, 0.2) is 5.38 Å². The van der Waals surface area contributed by atoms with Gasteiger partial charge in [0.2, 0.25) is 0 Å². The molecule has 4 aliphatic rings. The fourth-order valence-corrected chi connectivity index (χ4v) is 7.16. The number of nitrogens with zero attached hydrogens (tertiary/aromatic N) is 3. The van der Waals surface area contributed by atoms with Crippen LogP contribution in [0, 0.1) is 5.92 Å². The van der Waals surface area contributed by atoms with Gasteiger partial charge in [0, 0.05) is 37.0 Å². The maximum Gasteiger partial charge on any atom is 0.273 e. The van der Waals surface area contributed by atoms with Crippen LogP contribution in [0.25, 0.3) is 0 Å². The average molecular weight is 432 g/mol. The predicted molar refractivity (Wildman–Crippen MR) is 120 cm³/mol. The second-order valence-corrected chi connectivity index (χ2v) is 10.8. The number of thiazole rings is 1. The molecular weight excluding hydrogens is 394 g/mol. The van der Waals surface area contributed by atoms with Gasteiger partial charge in [-0.1, -0.05) is 12.8 Å². The molecule has 1 saturated carbocycles. The SMILES string of the molecule is O=C(c1csc(C2CCN(CC3CCCCO3)CC2)n1)N1CCCC2CCCCC21. The Hall–Kier alpha value is -0.980. The molecule has 4 fully saturated rings. The molecule has 6 heteroatoms. The molecule has 1 aromatic heterocycles. The number of carbonyl (C=O) groups excluding carboxylic acids is 1. The molecule has 30 heavy (non-hydrogen) atoms. The lowest BCUT2D eigenvalue weighted by Gasteiger charge is -2.43. The zero-order valence-corrected chi connectivity index (χ0v) is 19.1. The molecular formula is C24H37N3O2S. The Morgan fingerprint density at radius 2 is 1.80 bits per heavy atom. The number of amides is 1. The molecule has 166 valence electrons. The number of carbonyl (C=O) groups is 1. The van der Waals surface area contributed by atoms with E-state index < -0.39 is 0 Å². The summed E-state index contributed by atoms with van der Waals surface area (Å²) in [7, 11) is 0. The van der Waals surface area contributed by atoms with E-state index in [2.05, 4.69) is 9.80 Å². The van der Waals surface area contributed by atoms with Crippen molar-refractivity contribution in [2.45, 2.75) is 88.7 Å². The zero-order chi connectivity index (χ0) is 20.3. The number of ether oxygens (including phenoxy) is 1. The topological polar surface area (TPSA) is 45.7 Å². The molecule has 0 aromatic carbocycles. The summed E-state index contributed by atoms with van der Waals surface area (Å²) in [6, 6.07) is 0.468. The van der Waals surface area contributed by atoms with E-state index in [0.29, 0.717) is 23.8 Å². The lowest BCUT2D eigenvalue weighted by molar-refractivity contribution is -0.00951. The number of hydrogen-bond donors (Lipinski definition) is 0. The van der Waals surface area contributed by atoms with Gasteiger partial charge in [-0.25, -0.2) is 4.98 Å². The van der Waals surface area contributed by atoms with Crippen LogP contribution in [-0.4, -0.2) is 65.6 Å². The summed E-state index contributed by atoms with van der Waals surface area (Å²) in [5.41, 5.74) is 0.708. The van der Waals surface area contributed by atoms with Crippen molar-refractivity contribution in [3.63, 3.8) is 0 Å². The van der Waals surface area contributed by atoms with Crippen LogP contribution in [0.5, 0.6) is 0 Å². The van der Waals surface area contributed by atoms with Crippen LogP contribution >= 0.6 is 11.3 Å². The van der Waals surface area contributed by atoms with Gasteiger partial charge in [-0.2, -0.15) is 0 Å². The Balaban J connectivity index is 1.16. The molecule has 1 aliphatic carbocycles. The minimum atomic E-state index is 0.195. The third-order valence-electron chi connectivity index (χ3n) is 7.92. The van der Waals surface area contributed by atoms with Crippen LogP contribution in [0.3, 0.4) is 0 Å². The molecule has 0 bridgehead atoms. The first kappa shape index (κ1) is 20.9. The molecule has 4 heterocycles. The minimum absolute atomic E-state index is 0.195. The number of rotatable bonds is 4. The van der Waals surface area contributed by atoms with Crippen LogP contribution in [0.1, 0.15) is 92.0 Å². The number of hydrogen-bond acceptors (Lipinski definition) is 5. The molecule has 0 N–H and O–H groups in total. The molecule has 0 radical (unpaired) electrons. The summed E-state index contributed by atoms with van der Waals surface area (Å²) in [5, 5.41) is 3.22. The van der Waals surface area contributed by atoms with Gasteiger partial charge in [-0.05, 0) is 76.8 Å². The maximum atomic E-state index is 13.3. The fraction of sp³-hybridized carbons (Fsp3) is 0.833. The number of fused-ring (bicyclic) bond motifs is 1. The van der Waals surface area contributed by atoms with Crippen molar-refractivity contribution in [1.82, 2.24) is 14.8 Å². The Morgan fingerprint density at radius 3 is 2.63 bits per heavy atom. The summed E-state index contributed by atoms with van der Waals surface area (Å²) >= 11 is 1.71. The van der Waals surface area contributed by atoms with E-state index in [1.165, 1.54) is 56.4 Å². The Labute approximate surface area is 185 Å². The van der Waals surface area contributed by atoms with Crippen molar-refractivity contribution in [3.8, 4) is 0 Å². The van der Waals surface area contributed by atoms with Gasteiger partial charge in [-0.15, -0.1) is 11.3 Å². The highest BCUT2D eigenvalue weighted by atomic mass is 32.1. The van der Waals surface area contributed by atoms with Gasteiger partial charge < -0.3 is 14.5 Å². The minimum Gasteiger partial charge on any atom is -0.377 e. The van der Waals surface area contributed by atoms with E-state index in [-0.39, 0.29) is 5.91 Å². The molecule has 3 unspecified atom stereocenters. The highest BCUT2D eigenvalue weighted by Crippen LogP contribution is 2.37. The van der Waals surface area contributed by atoms with Crippen LogP contribution < -0.4 is 0 Å². The first-order chi connectivity index (χ1) is 14.8. The molecule has 3 saturated heterocycles. The summed E-state index contributed by atoms with van der Waals surface area (Å²) < 4.78 is 5.92. The molecule has 0 spiro atoms. The first-order valence-corrected chi connectivity index (χ1v) is 13.3. The smallest absolute Gasteiger partial charge is 0.273 e. The summed E-state index contributed by atoms with van der Waals surface area (Å²) in [6.45, 7) is 5.21. The Morgan fingerprint density at radius 1 is 1.00 bits per heavy atom. The lowest BCUT2D eigenvalue weighted by Crippen LogP contribution is -2.49. The second-order valence-electron chi connectivity index (χ2n) is 9.89. The third kappa shape index (κ3) is 4.61. The average Bonchev–Trinajstić information content (AvgIpc) is 3.30. The van der Waals surface area contributed by atoms with Gasteiger partial charge in [0.05, 0.1) is 11.1 Å². The molecule has 1 aromatic rings. The first-order valence-electron chi connectivity index (χ1n) is 12.4. The standard InChI is InChI=1S/C24H37N3O2S/c28-24(27-12-5-7-18-6-1-2-9-22(18)27)21-17-30-23(25-21)19-10-13-26(14-11-19)16-20-8-3-4-15-29-20/h17-20,22H,1-16H2. The van der Waals surface area contributed by atoms with E-state index in [4.69, 9.17) is 9.72 Å². The Kier molecular flexibility index (Phi) is 6.73. The maximum absolute atomic E-state index is 13.3. The van der Waals surface area contributed by atoms with Crippen molar-refractivity contribution >= 4 is 17.2 Å².